The van der Waals surface area contributed by atoms with Gasteiger partial charge in [-0.15, -0.1) is 11.3 Å². The highest BCUT2D eigenvalue weighted by atomic mass is 127. The van der Waals surface area contributed by atoms with Crippen LogP contribution in [0.2, 0.25) is 0 Å². The van der Waals surface area contributed by atoms with Gasteiger partial charge in [0.25, 0.3) is 5.91 Å². The highest BCUT2D eigenvalue weighted by Gasteiger charge is 2.11. The first kappa shape index (κ1) is 11.5. The summed E-state index contributed by atoms with van der Waals surface area (Å²) in [4.78, 5) is 16.0. The molecule has 0 saturated heterocycles. The number of halogens is 1. The van der Waals surface area contributed by atoms with E-state index in [9.17, 15) is 4.79 Å². The van der Waals surface area contributed by atoms with Gasteiger partial charge in [0.15, 0.2) is 5.13 Å². The van der Waals surface area contributed by atoms with E-state index in [-0.39, 0.29) is 5.91 Å². The minimum Gasteiger partial charge on any atom is -0.298 e. The molecular formula is C11H9IN2OS. The SMILES string of the molecule is Cc1ccc(I)c(C(=O)Nc2nccs2)c1. The van der Waals surface area contributed by atoms with E-state index in [4.69, 9.17) is 0 Å². The number of aryl methyl sites for hydroxylation is 1. The first-order valence-electron chi connectivity index (χ1n) is 4.64. The summed E-state index contributed by atoms with van der Waals surface area (Å²) in [5.74, 6) is -0.108. The maximum Gasteiger partial charge on any atom is 0.258 e. The highest BCUT2D eigenvalue weighted by Crippen LogP contribution is 2.17. The third-order valence-corrected chi connectivity index (χ3v) is 3.65. The van der Waals surface area contributed by atoms with E-state index in [1.165, 1.54) is 11.3 Å². The molecular weight excluding hydrogens is 335 g/mol. The zero-order valence-electron chi connectivity index (χ0n) is 8.53. The lowest BCUT2D eigenvalue weighted by molar-refractivity contribution is 0.102. The van der Waals surface area contributed by atoms with Gasteiger partial charge in [-0.3, -0.25) is 10.1 Å². The molecule has 0 bridgehead atoms. The average molecular weight is 344 g/mol. The summed E-state index contributed by atoms with van der Waals surface area (Å²) in [5.41, 5.74) is 1.76. The van der Waals surface area contributed by atoms with E-state index >= 15 is 0 Å². The van der Waals surface area contributed by atoms with Gasteiger partial charge in [-0.1, -0.05) is 11.6 Å². The lowest BCUT2D eigenvalue weighted by atomic mass is 10.1. The summed E-state index contributed by atoms with van der Waals surface area (Å²) in [6.45, 7) is 1.97. The number of nitrogens with zero attached hydrogens (tertiary/aromatic N) is 1. The Bertz CT molecular complexity index is 511. The van der Waals surface area contributed by atoms with Gasteiger partial charge in [0.1, 0.15) is 0 Å². The molecule has 1 aromatic heterocycles. The highest BCUT2D eigenvalue weighted by molar-refractivity contribution is 14.1. The lowest BCUT2D eigenvalue weighted by Crippen LogP contribution is -2.13. The van der Waals surface area contributed by atoms with Crippen molar-refractivity contribution in [1.29, 1.82) is 0 Å². The molecule has 82 valence electrons. The van der Waals surface area contributed by atoms with Gasteiger partial charge in [-0.2, -0.15) is 0 Å². The van der Waals surface area contributed by atoms with Crippen LogP contribution in [0.4, 0.5) is 5.13 Å². The smallest absolute Gasteiger partial charge is 0.258 e. The number of nitrogens with one attached hydrogen (secondary N) is 1. The minimum absolute atomic E-state index is 0.108. The lowest BCUT2D eigenvalue weighted by Gasteiger charge is -2.05. The van der Waals surface area contributed by atoms with Crippen molar-refractivity contribution >= 4 is 45.0 Å². The molecule has 1 amide bonds. The Labute approximate surface area is 111 Å². The number of hydrogen-bond acceptors (Lipinski definition) is 3. The topological polar surface area (TPSA) is 42.0 Å². The number of carbonyl (C=O) groups is 1. The first-order chi connectivity index (χ1) is 7.66. The molecule has 16 heavy (non-hydrogen) atoms. The van der Waals surface area contributed by atoms with E-state index in [0.29, 0.717) is 10.7 Å². The number of carbonyl (C=O) groups excluding carboxylic acids is 1. The normalized spacial score (nSPS) is 10.1. The van der Waals surface area contributed by atoms with Gasteiger partial charge in [-0.25, -0.2) is 4.98 Å². The molecule has 0 aliphatic carbocycles. The zero-order valence-corrected chi connectivity index (χ0v) is 11.5. The molecule has 0 atom stereocenters. The molecule has 0 aliphatic heterocycles. The zero-order chi connectivity index (χ0) is 11.5. The second-order valence-corrected chi connectivity index (χ2v) is 5.33. The van der Waals surface area contributed by atoms with E-state index in [0.717, 1.165) is 9.13 Å². The van der Waals surface area contributed by atoms with Crippen molar-refractivity contribution in [2.24, 2.45) is 0 Å². The third kappa shape index (κ3) is 2.59. The van der Waals surface area contributed by atoms with Gasteiger partial charge in [0.2, 0.25) is 0 Å². The van der Waals surface area contributed by atoms with Crippen LogP contribution in [-0.2, 0) is 0 Å². The molecule has 0 radical (unpaired) electrons. The van der Waals surface area contributed by atoms with Gasteiger partial charge >= 0.3 is 0 Å². The number of rotatable bonds is 2. The summed E-state index contributed by atoms with van der Waals surface area (Å²) in [6.07, 6.45) is 1.67. The largest absolute Gasteiger partial charge is 0.298 e. The fourth-order valence-electron chi connectivity index (χ4n) is 1.26. The Kier molecular flexibility index (Phi) is 3.55. The van der Waals surface area contributed by atoms with Crippen molar-refractivity contribution in [2.45, 2.75) is 6.92 Å². The summed E-state index contributed by atoms with van der Waals surface area (Å²) < 4.78 is 0.942. The summed E-state index contributed by atoms with van der Waals surface area (Å²) in [7, 11) is 0. The van der Waals surface area contributed by atoms with Gasteiger partial charge in [0, 0.05) is 15.1 Å². The van der Waals surface area contributed by atoms with Crippen molar-refractivity contribution in [3.8, 4) is 0 Å². The number of benzene rings is 1. The van der Waals surface area contributed by atoms with Crippen molar-refractivity contribution in [2.75, 3.05) is 5.32 Å². The summed E-state index contributed by atoms with van der Waals surface area (Å²) in [6, 6.07) is 5.80. The predicted molar refractivity (Wildman–Crippen MR) is 74.0 cm³/mol. The number of thiazole rings is 1. The van der Waals surface area contributed by atoms with Crippen molar-refractivity contribution in [1.82, 2.24) is 4.98 Å². The van der Waals surface area contributed by atoms with Crippen LogP contribution in [0.3, 0.4) is 0 Å². The molecule has 1 heterocycles. The monoisotopic (exact) mass is 344 g/mol. The van der Waals surface area contributed by atoms with E-state index in [2.05, 4.69) is 32.9 Å². The molecule has 0 fully saturated rings. The molecule has 1 N–H and O–H groups in total. The second-order valence-electron chi connectivity index (χ2n) is 3.27. The van der Waals surface area contributed by atoms with Crippen molar-refractivity contribution in [3.63, 3.8) is 0 Å². The van der Waals surface area contributed by atoms with Crippen LogP contribution >= 0.6 is 33.9 Å². The first-order valence-corrected chi connectivity index (χ1v) is 6.59. The molecule has 2 aromatic rings. The van der Waals surface area contributed by atoms with E-state index < -0.39 is 0 Å². The van der Waals surface area contributed by atoms with Crippen LogP contribution in [0.15, 0.2) is 29.8 Å². The fraction of sp³-hybridized carbons (Fsp3) is 0.0909. The molecule has 0 saturated carbocycles. The molecule has 3 nitrogen and oxygen atoms in total. The van der Waals surface area contributed by atoms with Gasteiger partial charge in [0.05, 0.1) is 5.56 Å². The van der Waals surface area contributed by atoms with Crippen LogP contribution in [0.5, 0.6) is 0 Å². The Morgan fingerprint density at radius 3 is 3.00 bits per heavy atom. The molecule has 1 aromatic carbocycles. The Morgan fingerprint density at radius 1 is 1.50 bits per heavy atom. The molecule has 5 heteroatoms. The molecule has 0 aliphatic rings. The number of anilines is 1. The van der Waals surface area contributed by atoms with Crippen molar-refractivity contribution < 1.29 is 4.79 Å². The molecule has 2 rings (SSSR count). The standard InChI is InChI=1S/C11H9IN2OS/c1-7-2-3-9(12)8(6-7)10(15)14-11-13-4-5-16-11/h2-6H,1H3,(H,13,14,15). The van der Waals surface area contributed by atoms with Crippen LogP contribution < -0.4 is 5.32 Å². The molecule has 0 unspecified atom stereocenters. The number of hydrogen-bond donors (Lipinski definition) is 1. The van der Waals surface area contributed by atoms with Crippen LogP contribution in [0.1, 0.15) is 15.9 Å². The Hall–Kier alpha value is -0.950. The van der Waals surface area contributed by atoms with Gasteiger partial charge < -0.3 is 0 Å². The van der Waals surface area contributed by atoms with E-state index in [1.54, 1.807) is 6.20 Å². The average Bonchev–Trinajstić information content (AvgIpc) is 2.74. The predicted octanol–water partition coefficient (Wildman–Crippen LogP) is 3.31. The Balaban J connectivity index is 2.24. The maximum atomic E-state index is 11.9. The maximum absolute atomic E-state index is 11.9. The number of amides is 1. The number of aromatic nitrogens is 1. The summed E-state index contributed by atoms with van der Waals surface area (Å²) >= 11 is 3.57. The third-order valence-electron chi connectivity index (χ3n) is 2.02. The van der Waals surface area contributed by atoms with Crippen LogP contribution in [0.25, 0.3) is 0 Å². The van der Waals surface area contributed by atoms with Crippen LogP contribution in [-0.4, -0.2) is 10.9 Å². The quantitative estimate of drug-likeness (QED) is 0.850. The molecule has 0 spiro atoms. The van der Waals surface area contributed by atoms with E-state index in [1.807, 2.05) is 30.5 Å². The minimum atomic E-state index is -0.108. The second kappa shape index (κ2) is 4.92. The summed E-state index contributed by atoms with van der Waals surface area (Å²) in [5, 5.41) is 5.23. The fourth-order valence-corrected chi connectivity index (χ4v) is 2.37. The van der Waals surface area contributed by atoms with Crippen LogP contribution in [0, 0.1) is 10.5 Å². The van der Waals surface area contributed by atoms with Crippen molar-refractivity contribution in [3.05, 3.63) is 44.5 Å². The van der Waals surface area contributed by atoms with Gasteiger partial charge in [-0.05, 0) is 41.6 Å². The Morgan fingerprint density at radius 2 is 2.31 bits per heavy atom.